The Bertz CT molecular complexity index is 601. The molecule has 0 spiro atoms. The number of thiophene rings is 1. The molecule has 8 heteroatoms. The third kappa shape index (κ3) is 4.03. The van der Waals surface area contributed by atoms with Crippen molar-refractivity contribution in [1.29, 1.82) is 0 Å². The van der Waals surface area contributed by atoms with E-state index in [4.69, 9.17) is 5.11 Å². The SMILES string of the molecule is CC1CCCC(C)N1NS(=O)(=O)c1ccc(CC(=O)O)s1. The van der Waals surface area contributed by atoms with Crippen LogP contribution in [0, 0.1) is 0 Å². The van der Waals surface area contributed by atoms with Crippen molar-refractivity contribution in [3.05, 3.63) is 17.0 Å². The quantitative estimate of drug-likeness (QED) is 0.859. The lowest BCUT2D eigenvalue weighted by molar-refractivity contribution is -0.136. The second-order valence-corrected chi connectivity index (χ2v) is 8.48. The van der Waals surface area contributed by atoms with Gasteiger partial charge in [-0.1, -0.05) is 6.42 Å². The molecule has 1 fully saturated rings. The Morgan fingerprint density at radius 3 is 2.57 bits per heavy atom. The number of nitrogens with zero attached hydrogens (tertiary/aromatic N) is 1. The van der Waals surface area contributed by atoms with Crippen molar-refractivity contribution in [1.82, 2.24) is 9.84 Å². The van der Waals surface area contributed by atoms with Crippen molar-refractivity contribution in [2.45, 2.75) is 55.8 Å². The van der Waals surface area contributed by atoms with Crippen LogP contribution in [0.3, 0.4) is 0 Å². The maximum absolute atomic E-state index is 12.4. The smallest absolute Gasteiger partial charge is 0.308 e. The first-order valence-electron chi connectivity index (χ1n) is 6.91. The first-order chi connectivity index (χ1) is 9.79. The highest BCUT2D eigenvalue weighted by atomic mass is 32.2. The van der Waals surface area contributed by atoms with E-state index in [0.717, 1.165) is 30.6 Å². The second-order valence-electron chi connectivity index (χ2n) is 5.42. The monoisotopic (exact) mass is 332 g/mol. The number of sulfonamides is 1. The summed E-state index contributed by atoms with van der Waals surface area (Å²) in [5.41, 5.74) is 0. The minimum atomic E-state index is -3.64. The first kappa shape index (κ1) is 16.4. The average molecular weight is 332 g/mol. The van der Waals surface area contributed by atoms with Crippen LogP contribution in [-0.2, 0) is 21.2 Å². The van der Waals surface area contributed by atoms with Crippen molar-refractivity contribution in [3.8, 4) is 0 Å². The molecule has 0 aliphatic carbocycles. The van der Waals surface area contributed by atoms with Crippen molar-refractivity contribution < 1.29 is 18.3 Å². The zero-order valence-electron chi connectivity index (χ0n) is 12.1. The summed E-state index contributed by atoms with van der Waals surface area (Å²) in [6, 6.07) is 3.32. The molecule has 1 aliphatic heterocycles. The summed E-state index contributed by atoms with van der Waals surface area (Å²) in [6.45, 7) is 4.00. The molecule has 0 saturated carbocycles. The Labute approximate surface area is 128 Å². The van der Waals surface area contributed by atoms with Crippen molar-refractivity contribution in [2.75, 3.05) is 0 Å². The Morgan fingerprint density at radius 1 is 1.38 bits per heavy atom. The van der Waals surface area contributed by atoms with E-state index < -0.39 is 16.0 Å². The summed E-state index contributed by atoms with van der Waals surface area (Å²) < 4.78 is 25.0. The number of carbonyl (C=O) groups is 1. The molecule has 21 heavy (non-hydrogen) atoms. The molecule has 0 radical (unpaired) electrons. The predicted octanol–water partition coefficient (Wildman–Crippen LogP) is 1.83. The van der Waals surface area contributed by atoms with Gasteiger partial charge in [-0.2, -0.15) is 0 Å². The lowest BCUT2D eigenvalue weighted by Crippen LogP contribution is -2.53. The fourth-order valence-corrected chi connectivity index (χ4v) is 5.10. The standard InChI is InChI=1S/C13H20N2O4S2/c1-9-4-3-5-10(2)15(9)14-21(18,19)13-7-6-11(20-13)8-12(16)17/h6-7,9-10,14H,3-5,8H2,1-2H3,(H,16,17). The highest BCUT2D eigenvalue weighted by Gasteiger charge is 2.29. The summed E-state index contributed by atoms with van der Waals surface area (Å²) in [5.74, 6) is -0.966. The summed E-state index contributed by atoms with van der Waals surface area (Å²) in [6.07, 6.45) is 2.86. The number of carboxylic acid groups (broad SMARTS) is 1. The van der Waals surface area contributed by atoms with E-state index in [1.807, 2.05) is 13.8 Å². The molecule has 1 aromatic heterocycles. The van der Waals surface area contributed by atoms with Gasteiger partial charge in [0.1, 0.15) is 4.21 Å². The number of piperidine rings is 1. The van der Waals surface area contributed by atoms with Crippen molar-refractivity contribution >= 4 is 27.3 Å². The van der Waals surface area contributed by atoms with Crippen LogP contribution in [0.4, 0.5) is 0 Å². The Balaban J connectivity index is 2.14. The van der Waals surface area contributed by atoms with Crippen molar-refractivity contribution in [2.24, 2.45) is 0 Å². The molecule has 1 saturated heterocycles. The molecule has 118 valence electrons. The van der Waals surface area contributed by atoms with Gasteiger partial charge in [-0.05, 0) is 38.8 Å². The maximum Gasteiger partial charge on any atom is 0.308 e. The fraction of sp³-hybridized carbons (Fsp3) is 0.615. The molecule has 2 N–H and O–H groups in total. The van der Waals surface area contributed by atoms with E-state index in [1.165, 1.54) is 6.07 Å². The molecule has 2 atom stereocenters. The van der Waals surface area contributed by atoms with Crippen LogP contribution in [0.25, 0.3) is 0 Å². The van der Waals surface area contributed by atoms with Crippen LogP contribution in [0.15, 0.2) is 16.3 Å². The van der Waals surface area contributed by atoms with Crippen LogP contribution in [-0.4, -0.2) is 36.6 Å². The summed E-state index contributed by atoms with van der Waals surface area (Å²) in [5, 5.41) is 10.5. The van der Waals surface area contributed by atoms with Gasteiger partial charge in [0, 0.05) is 17.0 Å². The molecule has 1 aromatic rings. The largest absolute Gasteiger partial charge is 0.481 e. The average Bonchev–Trinajstić information content (AvgIpc) is 2.82. The molecular weight excluding hydrogens is 312 g/mol. The van der Waals surface area contributed by atoms with Crippen LogP contribution >= 0.6 is 11.3 Å². The summed E-state index contributed by atoms with van der Waals surface area (Å²) in [7, 11) is -3.64. The third-order valence-electron chi connectivity index (χ3n) is 3.65. The fourth-order valence-electron chi connectivity index (χ4n) is 2.53. The normalized spacial score (nSPS) is 24.1. The Kier molecular flexibility index (Phi) is 5.03. The van der Waals surface area contributed by atoms with Gasteiger partial charge in [-0.3, -0.25) is 4.79 Å². The molecule has 2 heterocycles. The molecule has 0 amide bonds. The molecule has 0 aromatic carbocycles. The van der Waals surface area contributed by atoms with Gasteiger partial charge in [0.2, 0.25) is 0 Å². The van der Waals surface area contributed by atoms with E-state index in [-0.39, 0.29) is 22.7 Å². The van der Waals surface area contributed by atoms with Crippen LogP contribution < -0.4 is 4.83 Å². The number of hydrogen-bond donors (Lipinski definition) is 2. The maximum atomic E-state index is 12.4. The second kappa shape index (κ2) is 6.43. The number of nitrogens with one attached hydrogen (secondary N) is 1. The molecule has 2 rings (SSSR count). The zero-order valence-corrected chi connectivity index (χ0v) is 13.7. The van der Waals surface area contributed by atoms with Gasteiger partial charge in [0.15, 0.2) is 0 Å². The number of aliphatic carboxylic acids is 1. The molecular formula is C13H20N2O4S2. The number of carboxylic acids is 1. The van der Waals surface area contributed by atoms with E-state index in [2.05, 4.69) is 4.83 Å². The molecule has 0 bridgehead atoms. The number of rotatable bonds is 5. The third-order valence-corrected chi connectivity index (χ3v) is 6.55. The lowest BCUT2D eigenvalue weighted by atomic mass is 10.0. The van der Waals surface area contributed by atoms with Gasteiger partial charge in [-0.15, -0.1) is 16.2 Å². The van der Waals surface area contributed by atoms with E-state index in [0.29, 0.717) is 4.88 Å². The lowest BCUT2D eigenvalue weighted by Gasteiger charge is -2.38. The van der Waals surface area contributed by atoms with Gasteiger partial charge in [-0.25, -0.2) is 13.4 Å². The van der Waals surface area contributed by atoms with Crippen LogP contribution in [0.2, 0.25) is 0 Å². The summed E-state index contributed by atoms with van der Waals surface area (Å²) >= 11 is 1.00. The minimum absolute atomic E-state index is 0.155. The first-order valence-corrected chi connectivity index (χ1v) is 9.21. The Hall–Kier alpha value is -0.960. The molecule has 1 aliphatic rings. The van der Waals surface area contributed by atoms with Crippen LogP contribution in [0.5, 0.6) is 0 Å². The van der Waals surface area contributed by atoms with Gasteiger partial charge < -0.3 is 5.11 Å². The highest BCUT2D eigenvalue weighted by molar-refractivity contribution is 7.91. The number of hydrogen-bond acceptors (Lipinski definition) is 5. The summed E-state index contributed by atoms with van der Waals surface area (Å²) in [4.78, 5) is 13.8. The minimum Gasteiger partial charge on any atom is -0.481 e. The zero-order chi connectivity index (χ0) is 15.6. The van der Waals surface area contributed by atoms with Crippen molar-refractivity contribution in [3.63, 3.8) is 0 Å². The van der Waals surface area contributed by atoms with E-state index in [9.17, 15) is 13.2 Å². The van der Waals surface area contributed by atoms with Crippen LogP contribution in [0.1, 0.15) is 38.0 Å². The Morgan fingerprint density at radius 2 is 2.00 bits per heavy atom. The van der Waals surface area contributed by atoms with Gasteiger partial charge >= 0.3 is 5.97 Å². The van der Waals surface area contributed by atoms with E-state index >= 15 is 0 Å². The topological polar surface area (TPSA) is 86.7 Å². The molecule has 2 unspecified atom stereocenters. The van der Waals surface area contributed by atoms with Gasteiger partial charge in [0.05, 0.1) is 6.42 Å². The highest BCUT2D eigenvalue weighted by Crippen LogP contribution is 2.25. The van der Waals surface area contributed by atoms with E-state index in [1.54, 1.807) is 11.1 Å². The van der Waals surface area contributed by atoms with Gasteiger partial charge in [0.25, 0.3) is 10.0 Å². The predicted molar refractivity (Wildman–Crippen MR) is 80.6 cm³/mol. The number of hydrazine groups is 1. The molecule has 6 nitrogen and oxygen atoms in total.